The fraction of sp³-hybridized carbons (Fsp3) is 0.143. The second-order valence-corrected chi connectivity index (χ2v) is 5.40. The van der Waals surface area contributed by atoms with Crippen LogP contribution in [0.25, 0.3) is 22.4 Å². The third kappa shape index (κ3) is 3.69. The number of rotatable bonds is 5. The number of carbonyl (C=O) groups excluding carboxylic acids is 1. The monoisotopic (exact) mass is 317 g/mol. The topological polar surface area (TPSA) is 39.2 Å². The first-order valence-electron chi connectivity index (χ1n) is 8.04. The van der Waals surface area contributed by atoms with E-state index >= 15 is 0 Å². The normalized spacial score (nSPS) is 10.4. The van der Waals surface area contributed by atoms with Crippen molar-refractivity contribution < 1.29 is 9.53 Å². The van der Waals surface area contributed by atoms with Gasteiger partial charge >= 0.3 is 5.97 Å². The van der Waals surface area contributed by atoms with Crippen LogP contribution in [0.1, 0.15) is 12.6 Å². The molecule has 0 bridgehead atoms. The maximum absolute atomic E-state index is 12.0. The van der Waals surface area contributed by atoms with Crippen LogP contribution in [0.15, 0.2) is 72.8 Å². The van der Waals surface area contributed by atoms with Gasteiger partial charge in [-0.25, -0.2) is 0 Å². The number of hydrogen-bond donors (Lipinski definition) is 0. The number of pyridine rings is 1. The van der Waals surface area contributed by atoms with Gasteiger partial charge in [-0.3, -0.25) is 9.78 Å². The molecule has 1 heterocycles. The predicted molar refractivity (Wildman–Crippen MR) is 95.4 cm³/mol. The Labute approximate surface area is 142 Å². The molecule has 0 atom stereocenters. The molecule has 0 saturated heterocycles. The molecular formula is C21H19NO2. The minimum absolute atomic E-state index is 0.165. The SMILES string of the molecule is CCOC(=O)Cc1nc(-c2ccccc2)ccc1-c1ccccc1. The average molecular weight is 317 g/mol. The molecule has 0 radical (unpaired) electrons. The van der Waals surface area contributed by atoms with Crippen molar-refractivity contribution >= 4 is 5.97 Å². The van der Waals surface area contributed by atoms with Crippen molar-refractivity contribution in [1.82, 2.24) is 4.98 Å². The third-order valence-electron chi connectivity index (χ3n) is 3.75. The second-order valence-electron chi connectivity index (χ2n) is 5.40. The van der Waals surface area contributed by atoms with Crippen molar-refractivity contribution in [1.29, 1.82) is 0 Å². The van der Waals surface area contributed by atoms with E-state index in [0.717, 1.165) is 28.1 Å². The molecule has 3 rings (SSSR count). The zero-order chi connectivity index (χ0) is 16.8. The molecule has 0 unspecified atom stereocenters. The summed E-state index contributed by atoms with van der Waals surface area (Å²) in [4.78, 5) is 16.7. The Morgan fingerprint density at radius 1 is 0.875 bits per heavy atom. The molecule has 0 spiro atoms. The van der Waals surface area contributed by atoms with E-state index in [9.17, 15) is 4.79 Å². The van der Waals surface area contributed by atoms with Crippen LogP contribution in [0.3, 0.4) is 0 Å². The first kappa shape index (κ1) is 15.9. The lowest BCUT2D eigenvalue weighted by molar-refractivity contribution is -0.142. The Balaban J connectivity index is 2.04. The van der Waals surface area contributed by atoms with Crippen LogP contribution < -0.4 is 0 Å². The van der Waals surface area contributed by atoms with Crippen LogP contribution in [-0.4, -0.2) is 17.6 Å². The average Bonchev–Trinajstić information content (AvgIpc) is 2.63. The fourth-order valence-electron chi connectivity index (χ4n) is 2.64. The number of nitrogens with zero attached hydrogens (tertiary/aromatic N) is 1. The molecule has 24 heavy (non-hydrogen) atoms. The van der Waals surface area contributed by atoms with E-state index in [1.807, 2.05) is 79.7 Å². The summed E-state index contributed by atoms with van der Waals surface area (Å²) in [5.41, 5.74) is 4.63. The molecule has 1 aromatic heterocycles. The van der Waals surface area contributed by atoms with Crippen molar-refractivity contribution in [2.75, 3.05) is 6.61 Å². The Hall–Kier alpha value is -2.94. The molecule has 0 amide bonds. The van der Waals surface area contributed by atoms with Gasteiger partial charge in [0.1, 0.15) is 0 Å². The maximum Gasteiger partial charge on any atom is 0.311 e. The van der Waals surface area contributed by atoms with Crippen LogP contribution in [0.5, 0.6) is 0 Å². The highest BCUT2D eigenvalue weighted by molar-refractivity contribution is 5.78. The standard InChI is InChI=1S/C21H19NO2/c1-2-24-21(23)15-20-18(16-9-5-3-6-10-16)13-14-19(22-20)17-11-7-4-8-12-17/h3-14H,2,15H2,1H3. The van der Waals surface area contributed by atoms with E-state index in [1.165, 1.54) is 0 Å². The van der Waals surface area contributed by atoms with Crippen LogP contribution in [0.4, 0.5) is 0 Å². The first-order chi connectivity index (χ1) is 11.8. The van der Waals surface area contributed by atoms with E-state index in [0.29, 0.717) is 6.61 Å². The summed E-state index contributed by atoms with van der Waals surface area (Å²) in [7, 11) is 0. The summed E-state index contributed by atoms with van der Waals surface area (Å²) in [5.74, 6) is -0.257. The molecule has 0 saturated carbocycles. The first-order valence-corrected chi connectivity index (χ1v) is 8.04. The van der Waals surface area contributed by atoms with Crippen molar-refractivity contribution in [2.24, 2.45) is 0 Å². The summed E-state index contributed by atoms with van der Waals surface area (Å²) in [6, 6.07) is 24.0. The lowest BCUT2D eigenvalue weighted by Gasteiger charge is -2.11. The molecule has 0 aliphatic carbocycles. The number of ether oxygens (including phenoxy) is 1. The summed E-state index contributed by atoms with van der Waals surface area (Å²) in [6.07, 6.45) is 0.165. The van der Waals surface area contributed by atoms with E-state index in [4.69, 9.17) is 9.72 Å². The minimum atomic E-state index is -0.257. The lowest BCUT2D eigenvalue weighted by atomic mass is 10.0. The highest BCUT2D eigenvalue weighted by Crippen LogP contribution is 2.26. The molecule has 3 aromatic rings. The number of aromatic nitrogens is 1. The molecule has 120 valence electrons. The molecule has 3 heteroatoms. The van der Waals surface area contributed by atoms with Crippen LogP contribution in [0, 0.1) is 0 Å². The minimum Gasteiger partial charge on any atom is -0.466 e. The fourth-order valence-corrected chi connectivity index (χ4v) is 2.64. The Bertz CT molecular complexity index is 814. The summed E-state index contributed by atoms with van der Waals surface area (Å²) in [6.45, 7) is 2.18. The highest BCUT2D eigenvalue weighted by atomic mass is 16.5. The molecule has 0 N–H and O–H groups in total. The van der Waals surface area contributed by atoms with Gasteiger partial charge < -0.3 is 4.74 Å². The summed E-state index contributed by atoms with van der Waals surface area (Å²) >= 11 is 0. The zero-order valence-electron chi connectivity index (χ0n) is 13.6. The van der Waals surface area contributed by atoms with Gasteiger partial charge in [0.05, 0.1) is 24.4 Å². The number of hydrogen-bond acceptors (Lipinski definition) is 3. The van der Waals surface area contributed by atoms with Gasteiger partial charge in [0.25, 0.3) is 0 Å². The van der Waals surface area contributed by atoms with E-state index < -0.39 is 0 Å². The van der Waals surface area contributed by atoms with Gasteiger partial charge in [0, 0.05) is 11.1 Å². The van der Waals surface area contributed by atoms with Crippen LogP contribution >= 0.6 is 0 Å². The second kappa shape index (κ2) is 7.55. The van der Waals surface area contributed by atoms with Gasteiger partial charge in [-0.1, -0.05) is 66.7 Å². The van der Waals surface area contributed by atoms with Gasteiger partial charge in [0.2, 0.25) is 0 Å². The predicted octanol–water partition coefficient (Wildman–Crippen LogP) is 4.52. The van der Waals surface area contributed by atoms with Gasteiger partial charge in [0.15, 0.2) is 0 Å². The van der Waals surface area contributed by atoms with Crippen molar-refractivity contribution in [3.8, 4) is 22.4 Å². The zero-order valence-corrected chi connectivity index (χ0v) is 13.6. The van der Waals surface area contributed by atoms with Gasteiger partial charge in [-0.05, 0) is 18.6 Å². The quantitative estimate of drug-likeness (QED) is 0.649. The number of esters is 1. The molecule has 0 aliphatic heterocycles. The van der Waals surface area contributed by atoms with Gasteiger partial charge in [-0.15, -0.1) is 0 Å². The number of carbonyl (C=O) groups is 1. The van der Waals surface area contributed by atoms with Crippen molar-refractivity contribution in [2.45, 2.75) is 13.3 Å². The third-order valence-corrected chi connectivity index (χ3v) is 3.75. The van der Waals surface area contributed by atoms with E-state index in [-0.39, 0.29) is 12.4 Å². The number of benzene rings is 2. The Morgan fingerprint density at radius 2 is 1.50 bits per heavy atom. The maximum atomic E-state index is 12.0. The van der Waals surface area contributed by atoms with E-state index in [2.05, 4.69) is 0 Å². The summed E-state index contributed by atoms with van der Waals surface area (Å²) < 4.78 is 5.10. The molecule has 2 aromatic carbocycles. The van der Waals surface area contributed by atoms with E-state index in [1.54, 1.807) is 0 Å². The Kier molecular flexibility index (Phi) is 5.02. The van der Waals surface area contributed by atoms with Gasteiger partial charge in [-0.2, -0.15) is 0 Å². The van der Waals surface area contributed by atoms with Crippen molar-refractivity contribution in [3.05, 3.63) is 78.5 Å². The van der Waals surface area contributed by atoms with Crippen molar-refractivity contribution in [3.63, 3.8) is 0 Å². The largest absolute Gasteiger partial charge is 0.466 e. The molecule has 0 aliphatic rings. The molecular weight excluding hydrogens is 298 g/mol. The molecule has 3 nitrogen and oxygen atoms in total. The summed E-state index contributed by atoms with van der Waals surface area (Å²) in [5, 5.41) is 0. The highest BCUT2D eigenvalue weighted by Gasteiger charge is 2.13. The molecule has 0 fully saturated rings. The van der Waals surface area contributed by atoms with Crippen LogP contribution in [0.2, 0.25) is 0 Å². The Morgan fingerprint density at radius 3 is 2.12 bits per heavy atom. The lowest BCUT2D eigenvalue weighted by Crippen LogP contribution is -2.10. The smallest absolute Gasteiger partial charge is 0.311 e. The van der Waals surface area contributed by atoms with Crippen LogP contribution in [-0.2, 0) is 16.0 Å².